The molecule has 3 rings (SSSR count). The summed E-state index contributed by atoms with van der Waals surface area (Å²) >= 11 is 0. The van der Waals surface area contributed by atoms with Crippen LogP contribution in [0, 0.1) is 0 Å². The van der Waals surface area contributed by atoms with Gasteiger partial charge in [0.1, 0.15) is 11.5 Å². The van der Waals surface area contributed by atoms with Crippen molar-refractivity contribution in [2.24, 2.45) is 0 Å². The Hall–Kier alpha value is -3.80. The average Bonchev–Trinajstić information content (AvgIpc) is 2.79. The van der Waals surface area contributed by atoms with Gasteiger partial charge in [-0.1, -0.05) is 26.0 Å². The van der Waals surface area contributed by atoms with E-state index in [2.05, 4.69) is 24.5 Å². The van der Waals surface area contributed by atoms with Gasteiger partial charge < -0.3 is 20.1 Å². The molecule has 0 fully saturated rings. The van der Waals surface area contributed by atoms with Gasteiger partial charge in [-0.25, -0.2) is 0 Å². The summed E-state index contributed by atoms with van der Waals surface area (Å²) in [6.45, 7) is 4.11. The summed E-state index contributed by atoms with van der Waals surface area (Å²) < 4.78 is 10.7. The van der Waals surface area contributed by atoms with E-state index in [0.717, 1.165) is 11.3 Å². The van der Waals surface area contributed by atoms with Crippen molar-refractivity contribution in [1.82, 2.24) is 0 Å². The van der Waals surface area contributed by atoms with E-state index < -0.39 is 0 Å². The number of anilines is 2. The summed E-state index contributed by atoms with van der Waals surface area (Å²) in [4.78, 5) is 24.6. The van der Waals surface area contributed by atoms with E-state index in [1.807, 2.05) is 24.3 Å². The Bertz CT molecular complexity index is 1030. The molecule has 0 spiro atoms. The predicted molar refractivity (Wildman–Crippen MR) is 122 cm³/mol. The SMILES string of the molecule is COc1ccc(NC(=O)c2ccc(NC(=O)COc3cccc(C(C)C)c3)cc2)cc1. The second kappa shape index (κ2) is 10.3. The standard InChI is InChI=1S/C25H26N2O4/c1-17(2)19-5-4-6-23(15-19)31-16-24(28)26-20-9-7-18(8-10-20)25(29)27-21-11-13-22(30-3)14-12-21/h4-15,17H,16H2,1-3H3,(H,26,28)(H,27,29). The van der Waals surface area contributed by atoms with Gasteiger partial charge in [0.15, 0.2) is 6.61 Å². The average molecular weight is 418 g/mol. The van der Waals surface area contributed by atoms with E-state index >= 15 is 0 Å². The van der Waals surface area contributed by atoms with Crippen LogP contribution in [0.2, 0.25) is 0 Å². The molecule has 3 aromatic rings. The fourth-order valence-corrected chi connectivity index (χ4v) is 2.89. The van der Waals surface area contributed by atoms with Crippen LogP contribution in [-0.2, 0) is 4.79 Å². The van der Waals surface area contributed by atoms with E-state index in [9.17, 15) is 9.59 Å². The van der Waals surface area contributed by atoms with Crippen molar-refractivity contribution in [2.45, 2.75) is 19.8 Å². The molecule has 3 aromatic carbocycles. The summed E-state index contributed by atoms with van der Waals surface area (Å²) in [5.74, 6) is 1.25. The Morgan fingerprint density at radius 3 is 2.13 bits per heavy atom. The Kier molecular flexibility index (Phi) is 7.27. The lowest BCUT2D eigenvalue weighted by Gasteiger charge is -2.11. The molecule has 31 heavy (non-hydrogen) atoms. The number of rotatable bonds is 8. The summed E-state index contributed by atoms with van der Waals surface area (Å²) in [6.07, 6.45) is 0. The molecule has 0 radical (unpaired) electrons. The maximum Gasteiger partial charge on any atom is 0.262 e. The van der Waals surface area contributed by atoms with Crippen molar-refractivity contribution in [1.29, 1.82) is 0 Å². The Labute approximate surface area is 182 Å². The molecule has 2 amide bonds. The smallest absolute Gasteiger partial charge is 0.262 e. The van der Waals surface area contributed by atoms with Crippen LogP contribution in [0.5, 0.6) is 11.5 Å². The molecule has 0 atom stereocenters. The molecule has 0 heterocycles. The third-order valence-electron chi connectivity index (χ3n) is 4.67. The first-order chi connectivity index (χ1) is 14.9. The number of carbonyl (C=O) groups excluding carboxylic acids is 2. The van der Waals surface area contributed by atoms with Crippen molar-refractivity contribution in [3.8, 4) is 11.5 Å². The van der Waals surface area contributed by atoms with E-state index in [0.29, 0.717) is 28.6 Å². The first-order valence-electron chi connectivity index (χ1n) is 10.0. The van der Waals surface area contributed by atoms with Crippen molar-refractivity contribution < 1.29 is 19.1 Å². The highest BCUT2D eigenvalue weighted by Crippen LogP contribution is 2.20. The van der Waals surface area contributed by atoms with Crippen LogP contribution in [0.1, 0.15) is 35.7 Å². The highest BCUT2D eigenvalue weighted by molar-refractivity contribution is 6.04. The van der Waals surface area contributed by atoms with Gasteiger partial charge >= 0.3 is 0 Å². The number of hydrogen-bond donors (Lipinski definition) is 2. The van der Waals surface area contributed by atoms with Gasteiger partial charge in [0.25, 0.3) is 11.8 Å². The molecule has 6 heteroatoms. The van der Waals surface area contributed by atoms with Gasteiger partial charge in [-0.3, -0.25) is 9.59 Å². The number of benzene rings is 3. The lowest BCUT2D eigenvalue weighted by atomic mass is 10.0. The largest absolute Gasteiger partial charge is 0.497 e. The topological polar surface area (TPSA) is 76.7 Å². The molecule has 0 aliphatic heterocycles. The van der Waals surface area contributed by atoms with E-state index in [1.165, 1.54) is 0 Å². The third-order valence-corrected chi connectivity index (χ3v) is 4.67. The van der Waals surface area contributed by atoms with E-state index in [1.54, 1.807) is 55.6 Å². The summed E-state index contributed by atoms with van der Waals surface area (Å²) in [5, 5.41) is 5.59. The van der Waals surface area contributed by atoms with Crippen LogP contribution < -0.4 is 20.1 Å². The van der Waals surface area contributed by atoms with Crippen LogP contribution in [-0.4, -0.2) is 25.5 Å². The summed E-state index contributed by atoms with van der Waals surface area (Å²) in [7, 11) is 1.59. The molecule has 0 aliphatic carbocycles. The molecule has 0 aliphatic rings. The Morgan fingerprint density at radius 1 is 0.839 bits per heavy atom. The monoisotopic (exact) mass is 418 g/mol. The number of hydrogen-bond acceptors (Lipinski definition) is 4. The van der Waals surface area contributed by atoms with Crippen molar-refractivity contribution in [2.75, 3.05) is 24.4 Å². The highest BCUT2D eigenvalue weighted by atomic mass is 16.5. The van der Waals surface area contributed by atoms with Gasteiger partial charge in [0.2, 0.25) is 0 Å². The van der Waals surface area contributed by atoms with Gasteiger partial charge in [-0.05, 0) is 72.1 Å². The maximum atomic E-state index is 12.4. The fourth-order valence-electron chi connectivity index (χ4n) is 2.89. The second-order valence-corrected chi connectivity index (χ2v) is 7.32. The molecule has 0 saturated heterocycles. The third kappa shape index (κ3) is 6.34. The second-order valence-electron chi connectivity index (χ2n) is 7.32. The molecule has 2 N–H and O–H groups in total. The number of carbonyl (C=O) groups is 2. The molecule has 0 unspecified atom stereocenters. The molecule has 0 saturated carbocycles. The van der Waals surface area contributed by atoms with Crippen molar-refractivity contribution in [3.63, 3.8) is 0 Å². The Morgan fingerprint density at radius 2 is 1.48 bits per heavy atom. The summed E-state index contributed by atoms with van der Waals surface area (Å²) in [6, 6.07) is 21.5. The molecule has 6 nitrogen and oxygen atoms in total. The number of nitrogens with one attached hydrogen (secondary N) is 2. The fraction of sp³-hybridized carbons (Fsp3) is 0.200. The zero-order chi connectivity index (χ0) is 22.2. The van der Waals surface area contributed by atoms with Gasteiger partial charge in [0.05, 0.1) is 7.11 Å². The van der Waals surface area contributed by atoms with Crippen LogP contribution in [0.25, 0.3) is 0 Å². The van der Waals surface area contributed by atoms with Crippen LogP contribution in [0.4, 0.5) is 11.4 Å². The quantitative estimate of drug-likeness (QED) is 0.534. The van der Waals surface area contributed by atoms with Crippen LogP contribution >= 0.6 is 0 Å². The molecule has 0 aromatic heterocycles. The number of methoxy groups -OCH3 is 1. The summed E-state index contributed by atoms with van der Waals surface area (Å²) in [5.41, 5.74) is 2.89. The first kappa shape index (κ1) is 21.9. The van der Waals surface area contributed by atoms with Gasteiger partial charge in [-0.2, -0.15) is 0 Å². The number of ether oxygens (including phenoxy) is 2. The molecule has 160 valence electrons. The minimum Gasteiger partial charge on any atom is -0.497 e. The van der Waals surface area contributed by atoms with Gasteiger partial charge in [-0.15, -0.1) is 0 Å². The van der Waals surface area contributed by atoms with Crippen LogP contribution in [0.15, 0.2) is 72.8 Å². The first-order valence-corrected chi connectivity index (χ1v) is 10.0. The number of amides is 2. The lowest BCUT2D eigenvalue weighted by Crippen LogP contribution is -2.20. The van der Waals surface area contributed by atoms with Crippen molar-refractivity contribution >= 4 is 23.2 Å². The normalized spacial score (nSPS) is 10.5. The Balaban J connectivity index is 1.51. The molecule has 0 bridgehead atoms. The van der Waals surface area contributed by atoms with Crippen LogP contribution in [0.3, 0.4) is 0 Å². The maximum absolute atomic E-state index is 12.4. The van der Waals surface area contributed by atoms with Gasteiger partial charge in [0, 0.05) is 16.9 Å². The van der Waals surface area contributed by atoms with E-state index in [-0.39, 0.29) is 18.4 Å². The minimum absolute atomic E-state index is 0.0960. The minimum atomic E-state index is -0.273. The predicted octanol–water partition coefficient (Wildman–Crippen LogP) is 5.09. The zero-order valence-electron chi connectivity index (χ0n) is 17.8. The molecular formula is C25H26N2O4. The van der Waals surface area contributed by atoms with E-state index in [4.69, 9.17) is 9.47 Å². The molecular weight excluding hydrogens is 392 g/mol. The highest BCUT2D eigenvalue weighted by Gasteiger charge is 2.09. The lowest BCUT2D eigenvalue weighted by molar-refractivity contribution is -0.118. The van der Waals surface area contributed by atoms with Crippen molar-refractivity contribution in [3.05, 3.63) is 83.9 Å². The zero-order valence-corrected chi connectivity index (χ0v) is 17.8.